The lowest BCUT2D eigenvalue weighted by atomic mass is 9.87. The molecule has 1 aliphatic carbocycles. The predicted octanol–water partition coefficient (Wildman–Crippen LogP) is 3.58. The Morgan fingerprint density at radius 1 is 1.15 bits per heavy atom. The topological polar surface area (TPSA) is 130 Å². The number of pyridine rings is 1. The first-order valence-electron chi connectivity index (χ1n) is 14.1. The maximum Gasteiger partial charge on any atom is 0.252 e. The van der Waals surface area contributed by atoms with Crippen molar-refractivity contribution in [3.63, 3.8) is 0 Å². The lowest BCUT2D eigenvalue weighted by Crippen LogP contribution is -2.64. The zero-order chi connectivity index (χ0) is 33.2. The number of nitrogens with one attached hydrogen (secondary N) is 1. The molecule has 15 heteroatoms. The zero-order valence-corrected chi connectivity index (χ0v) is 24.8. The zero-order valence-electron chi connectivity index (χ0n) is 24.0. The molecule has 2 heterocycles. The van der Waals surface area contributed by atoms with E-state index in [0.29, 0.717) is 6.07 Å². The van der Waals surface area contributed by atoms with Crippen LogP contribution in [0.5, 0.6) is 0 Å². The molecule has 0 unspecified atom stereocenters. The van der Waals surface area contributed by atoms with E-state index in [1.165, 1.54) is 41.4 Å². The molecule has 2 aliphatic rings. The van der Waals surface area contributed by atoms with Crippen molar-refractivity contribution >= 4 is 40.8 Å². The van der Waals surface area contributed by atoms with Crippen LogP contribution in [0.2, 0.25) is 5.02 Å². The molecule has 2 N–H and O–H groups in total. The maximum absolute atomic E-state index is 14.8. The highest BCUT2D eigenvalue weighted by Gasteiger charge is 2.49. The van der Waals surface area contributed by atoms with Gasteiger partial charge in [0.25, 0.3) is 11.8 Å². The molecular formula is C31H27ClF4N6O4. The lowest BCUT2D eigenvalue weighted by Gasteiger charge is -2.43. The van der Waals surface area contributed by atoms with Gasteiger partial charge >= 0.3 is 0 Å². The van der Waals surface area contributed by atoms with E-state index in [-0.39, 0.29) is 48.2 Å². The van der Waals surface area contributed by atoms with Crippen LogP contribution in [0.15, 0.2) is 60.8 Å². The van der Waals surface area contributed by atoms with Crippen LogP contribution >= 0.6 is 11.6 Å². The first kappa shape index (κ1) is 32.8. The van der Waals surface area contributed by atoms with Gasteiger partial charge in [-0.05, 0) is 30.3 Å². The van der Waals surface area contributed by atoms with E-state index in [0.717, 1.165) is 21.9 Å². The molecule has 3 aromatic rings. The van der Waals surface area contributed by atoms with Crippen LogP contribution < -0.4 is 15.1 Å². The molecule has 1 saturated heterocycles. The number of aliphatic hydroxyl groups is 1. The summed E-state index contributed by atoms with van der Waals surface area (Å²) in [5.74, 6) is -7.88. The second-order valence-electron chi connectivity index (χ2n) is 11.0. The Balaban J connectivity index is 1.67. The van der Waals surface area contributed by atoms with Crippen LogP contribution in [0.25, 0.3) is 0 Å². The average molecular weight is 659 g/mol. The van der Waals surface area contributed by atoms with Crippen LogP contribution in [0, 0.1) is 23.0 Å². The van der Waals surface area contributed by atoms with Crippen LogP contribution in [0.1, 0.15) is 30.0 Å². The van der Waals surface area contributed by atoms with Gasteiger partial charge < -0.3 is 10.4 Å². The van der Waals surface area contributed by atoms with Crippen molar-refractivity contribution in [1.29, 1.82) is 5.26 Å². The fourth-order valence-electron chi connectivity index (χ4n) is 5.62. The summed E-state index contributed by atoms with van der Waals surface area (Å²) in [6.45, 7) is -0.856. The summed E-state index contributed by atoms with van der Waals surface area (Å²) in [4.78, 5) is 49.8. The number of nitriles is 1. The number of aromatic nitrogens is 1. The molecule has 2 aromatic carbocycles. The molecule has 10 nitrogen and oxygen atoms in total. The van der Waals surface area contributed by atoms with E-state index in [1.54, 1.807) is 6.07 Å². The number of alkyl halides is 2. The number of halogens is 5. The monoisotopic (exact) mass is 658 g/mol. The second-order valence-corrected chi connectivity index (χ2v) is 11.4. The third-order valence-electron chi connectivity index (χ3n) is 7.70. The number of carbonyl (C=O) groups excluding carboxylic acids is 3. The molecule has 0 spiro atoms. The van der Waals surface area contributed by atoms with E-state index in [1.807, 2.05) is 6.07 Å². The summed E-state index contributed by atoms with van der Waals surface area (Å²) in [5, 5.41) is 21.5. The highest BCUT2D eigenvalue weighted by Crippen LogP contribution is 2.39. The quantitative estimate of drug-likeness (QED) is 0.336. The third kappa shape index (κ3) is 6.96. The fraction of sp³-hybridized carbons (Fsp3) is 0.323. The van der Waals surface area contributed by atoms with Crippen molar-refractivity contribution in [2.24, 2.45) is 0 Å². The van der Waals surface area contributed by atoms with E-state index in [4.69, 9.17) is 11.6 Å². The summed E-state index contributed by atoms with van der Waals surface area (Å²) < 4.78 is 56.8. The van der Waals surface area contributed by atoms with E-state index in [2.05, 4.69) is 10.3 Å². The molecule has 0 radical (unpaired) electrons. The van der Waals surface area contributed by atoms with Crippen LogP contribution in [-0.4, -0.2) is 77.0 Å². The molecule has 3 amide bonds. The number of piperazine rings is 1. The van der Waals surface area contributed by atoms with Gasteiger partial charge in [-0.2, -0.15) is 5.26 Å². The second kappa shape index (κ2) is 13.4. The Morgan fingerprint density at radius 3 is 2.48 bits per heavy atom. The minimum absolute atomic E-state index is 0.0104. The normalized spacial score (nSPS) is 18.8. The van der Waals surface area contributed by atoms with Crippen LogP contribution in [0.4, 0.5) is 29.1 Å². The fourth-order valence-corrected chi connectivity index (χ4v) is 5.86. The first-order valence-corrected chi connectivity index (χ1v) is 14.5. The van der Waals surface area contributed by atoms with Gasteiger partial charge in [0.15, 0.2) is 0 Å². The Hall–Kier alpha value is -4.58. The van der Waals surface area contributed by atoms with Crippen molar-refractivity contribution in [3.05, 3.63) is 88.6 Å². The minimum Gasteiger partial charge on any atom is -0.395 e. The summed E-state index contributed by atoms with van der Waals surface area (Å²) in [5.41, 5.74) is -0.292. The molecule has 0 bridgehead atoms. The number of aliphatic hydroxyl groups excluding tert-OH is 1. The number of nitrogens with zero attached hydrogens (tertiary/aromatic N) is 5. The average Bonchev–Trinajstić information content (AvgIpc) is 2.98. The van der Waals surface area contributed by atoms with Crippen molar-refractivity contribution in [3.8, 4) is 6.07 Å². The Labute approximate surface area is 265 Å². The number of hydrogen-bond donors (Lipinski definition) is 2. The summed E-state index contributed by atoms with van der Waals surface area (Å²) in [7, 11) is 0. The number of rotatable bonds is 9. The summed E-state index contributed by atoms with van der Waals surface area (Å²) in [6, 6.07) is 8.42. The van der Waals surface area contributed by atoms with Crippen LogP contribution in [0.3, 0.4) is 0 Å². The van der Waals surface area contributed by atoms with Crippen molar-refractivity contribution in [2.75, 3.05) is 36.0 Å². The standard InChI is InChI=1S/C31H27ClF4N6O4/c32-24-4-2-1-3-23(24)28(29(45)39-21-13-31(35,36)14-21)41(22-11-19(33)10-20(34)12-22)30(46)25-16-40(7-8-43)17-27(44)42(25)26-9-18(15-37)5-6-38-26/h1-6,9-12,21,25,28,43H,7-8,13-14,16-17H2,(H,39,45)/t25-,28-/m0/s1. The van der Waals surface area contributed by atoms with E-state index >= 15 is 0 Å². The highest BCUT2D eigenvalue weighted by molar-refractivity contribution is 6.31. The van der Waals surface area contributed by atoms with E-state index < -0.39 is 71.9 Å². The number of amides is 3. The van der Waals surface area contributed by atoms with Crippen molar-refractivity contribution in [1.82, 2.24) is 15.2 Å². The molecule has 2 fully saturated rings. The number of benzene rings is 2. The predicted molar refractivity (Wildman–Crippen MR) is 158 cm³/mol. The summed E-state index contributed by atoms with van der Waals surface area (Å²) in [6.07, 6.45) is -0.0478. The first-order chi connectivity index (χ1) is 21.9. The smallest absolute Gasteiger partial charge is 0.252 e. The molecule has 240 valence electrons. The largest absolute Gasteiger partial charge is 0.395 e. The van der Waals surface area contributed by atoms with Gasteiger partial charge in [-0.15, -0.1) is 0 Å². The molecule has 1 aromatic heterocycles. The van der Waals surface area contributed by atoms with Gasteiger partial charge in [0.2, 0.25) is 11.8 Å². The SMILES string of the molecule is N#Cc1ccnc(N2C(=O)CN(CCO)C[C@H]2C(=O)N(c2cc(F)cc(F)c2)[C@H](C(=O)NC2CC(F)(F)C2)c2ccccc2Cl)c1. The minimum atomic E-state index is -3.00. The molecule has 1 saturated carbocycles. The van der Waals surface area contributed by atoms with Crippen LogP contribution in [-0.2, 0) is 14.4 Å². The Bertz CT molecular complexity index is 1680. The molecule has 1 aliphatic heterocycles. The molecular weight excluding hydrogens is 632 g/mol. The number of carbonyl (C=O) groups is 3. The van der Waals surface area contributed by atoms with Gasteiger partial charge in [-0.3, -0.25) is 29.1 Å². The van der Waals surface area contributed by atoms with Crippen molar-refractivity contribution in [2.45, 2.75) is 36.9 Å². The van der Waals surface area contributed by atoms with Gasteiger partial charge in [0, 0.05) is 54.8 Å². The van der Waals surface area contributed by atoms with Gasteiger partial charge in [-0.25, -0.2) is 22.5 Å². The Morgan fingerprint density at radius 2 is 1.85 bits per heavy atom. The van der Waals surface area contributed by atoms with Gasteiger partial charge in [0.1, 0.15) is 29.5 Å². The van der Waals surface area contributed by atoms with Gasteiger partial charge in [0.05, 0.1) is 30.5 Å². The number of β-amino-alcohol motifs (C(OH)–C–C–N with tert-alkyl or cyclic N) is 1. The Kier molecular flexibility index (Phi) is 9.57. The number of hydrogen-bond acceptors (Lipinski definition) is 7. The van der Waals surface area contributed by atoms with Crippen molar-refractivity contribution < 1.29 is 37.1 Å². The summed E-state index contributed by atoms with van der Waals surface area (Å²) >= 11 is 6.50. The number of anilines is 2. The highest BCUT2D eigenvalue weighted by atomic mass is 35.5. The molecule has 5 rings (SSSR count). The lowest BCUT2D eigenvalue weighted by molar-refractivity contribution is -0.133. The molecule has 2 atom stereocenters. The van der Waals surface area contributed by atoms with Gasteiger partial charge in [-0.1, -0.05) is 29.8 Å². The third-order valence-corrected chi connectivity index (χ3v) is 8.04. The van der Waals surface area contributed by atoms with E-state index in [9.17, 15) is 42.3 Å². The maximum atomic E-state index is 14.8. The molecule has 46 heavy (non-hydrogen) atoms.